The first kappa shape index (κ1) is 13.7. The lowest BCUT2D eigenvalue weighted by atomic mass is 10.1. The molecule has 0 saturated heterocycles. The minimum atomic E-state index is -0.415. The summed E-state index contributed by atoms with van der Waals surface area (Å²) in [5, 5.41) is 21.1. The van der Waals surface area contributed by atoms with Gasteiger partial charge in [0.1, 0.15) is 10.9 Å². The van der Waals surface area contributed by atoms with Gasteiger partial charge in [-0.2, -0.15) is 0 Å². The van der Waals surface area contributed by atoms with Gasteiger partial charge >= 0.3 is 0 Å². The third kappa shape index (κ3) is 3.42. The summed E-state index contributed by atoms with van der Waals surface area (Å²) in [4.78, 5) is 2.13. The van der Waals surface area contributed by atoms with E-state index in [1.807, 2.05) is 30.3 Å². The summed E-state index contributed by atoms with van der Waals surface area (Å²) in [6, 6.07) is 12.2. The van der Waals surface area contributed by atoms with Crippen molar-refractivity contribution < 1.29 is 10.2 Å². The average molecular weight is 280 g/mol. The van der Waals surface area contributed by atoms with Crippen molar-refractivity contribution in [3.63, 3.8) is 0 Å². The van der Waals surface area contributed by atoms with Crippen LogP contribution in [0.5, 0.6) is 0 Å². The van der Waals surface area contributed by atoms with E-state index in [0.717, 1.165) is 20.6 Å². The number of hydrogen-bond donors (Lipinski definition) is 2. The van der Waals surface area contributed by atoms with E-state index >= 15 is 0 Å². The molecule has 0 aliphatic heterocycles. The maximum atomic E-state index is 9.46. The summed E-state index contributed by atoms with van der Waals surface area (Å²) in [5.74, 6) is 0. The van der Waals surface area contributed by atoms with Gasteiger partial charge < -0.3 is 10.2 Å². The quantitative estimate of drug-likeness (QED) is 0.662. The van der Waals surface area contributed by atoms with E-state index in [1.54, 1.807) is 13.8 Å². The summed E-state index contributed by atoms with van der Waals surface area (Å²) < 4.78 is 0. The molecule has 0 aliphatic rings. The second kappa shape index (κ2) is 5.97. The number of hydrogen-bond acceptors (Lipinski definition) is 4. The van der Waals surface area contributed by atoms with Gasteiger partial charge in [0.15, 0.2) is 0 Å². The van der Waals surface area contributed by atoms with Crippen LogP contribution in [-0.4, -0.2) is 21.1 Å². The Bertz CT molecular complexity index is 538. The smallest absolute Gasteiger partial charge is 0.101 e. The van der Waals surface area contributed by atoms with E-state index in [0.29, 0.717) is 0 Å². The Morgan fingerprint density at radius 3 is 2.33 bits per heavy atom. The highest BCUT2D eigenvalue weighted by Gasteiger charge is 2.06. The molecule has 0 aliphatic carbocycles. The van der Waals surface area contributed by atoms with Crippen molar-refractivity contribution in [3.05, 3.63) is 36.4 Å². The second-order valence-electron chi connectivity index (χ2n) is 4.07. The molecule has 2 atom stereocenters. The lowest BCUT2D eigenvalue weighted by Gasteiger charge is -2.10. The predicted octanol–water partition coefficient (Wildman–Crippen LogP) is 3.70. The van der Waals surface area contributed by atoms with Gasteiger partial charge in [0.05, 0.1) is 0 Å². The van der Waals surface area contributed by atoms with Crippen molar-refractivity contribution >= 4 is 34.3 Å². The number of thioether (sulfide) groups is 2. The minimum Gasteiger partial charge on any atom is -0.382 e. The van der Waals surface area contributed by atoms with Crippen molar-refractivity contribution in [1.82, 2.24) is 0 Å². The molecule has 0 bridgehead atoms. The van der Waals surface area contributed by atoms with Crippen molar-refractivity contribution in [1.29, 1.82) is 0 Å². The maximum Gasteiger partial charge on any atom is 0.101 e. The van der Waals surface area contributed by atoms with Gasteiger partial charge in [-0.15, -0.1) is 0 Å². The van der Waals surface area contributed by atoms with Crippen molar-refractivity contribution in [3.8, 4) is 0 Å². The van der Waals surface area contributed by atoms with Crippen LogP contribution in [0.1, 0.15) is 13.8 Å². The van der Waals surface area contributed by atoms with Crippen molar-refractivity contribution in [2.24, 2.45) is 0 Å². The second-order valence-corrected chi connectivity index (χ2v) is 6.82. The Kier molecular flexibility index (Phi) is 4.56. The Balaban J connectivity index is 2.40. The van der Waals surface area contributed by atoms with Crippen LogP contribution in [0.15, 0.2) is 46.2 Å². The molecule has 2 nitrogen and oxygen atoms in total. The summed E-state index contributed by atoms with van der Waals surface area (Å²) in [5.41, 5.74) is -0.820. The number of aliphatic hydroxyl groups is 2. The van der Waals surface area contributed by atoms with E-state index in [-0.39, 0.29) is 0 Å². The molecular formula is C14H16O2S2. The van der Waals surface area contributed by atoms with Gasteiger partial charge in [-0.3, -0.25) is 0 Å². The molecule has 18 heavy (non-hydrogen) atoms. The molecule has 4 heteroatoms. The van der Waals surface area contributed by atoms with Crippen LogP contribution in [-0.2, 0) is 0 Å². The third-order valence-electron chi connectivity index (χ3n) is 2.42. The molecular weight excluding hydrogens is 264 g/mol. The molecule has 0 aromatic heterocycles. The minimum absolute atomic E-state index is 0.405. The summed E-state index contributed by atoms with van der Waals surface area (Å²) in [6.07, 6.45) is 0. The fraction of sp³-hybridized carbons (Fsp3) is 0.286. The summed E-state index contributed by atoms with van der Waals surface area (Å²) in [6.45, 7) is 3.52. The molecule has 2 unspecified atom stereocenters. The molecule has 2 rings (SSSR count). The van der Waals surface area contributed by atoms with E-state index in [2.05, 4.69) is 6.07 Å². The largest absolute Gasteiger partial charge is 0.382 e. The standard InChI is InChI=1S/C14H16O2S2/c1-9(15)17-12-6-7-13-11(8-12)4-3-5-14(13)18-10(2)16/h3-10,15-16H,1-2H3. The molecule has 96 valence electrons. The van der Waals surface area contributed by atoms with E-state index in [9.17, 15) is 10.2 Å². The van der Waals surface area contributed by atoms with Crippen LogP contribution in [0.3, 0.4) is 0 Å². The zero-order valence-electron chi connectivity index (χ0n) is 10.3. The predicted molar refractivity (Wildman–Crippen MR) is 79.0 cm³/mol. The molecule has 0 spiro atoms. The number of benzene rings is 2. The lowest BCUT2D eigenvalue weighted by molar-refractivity contribution is 0.283. The van der Waals surface area contributed by atoms with Crippen LogP contribution in [0.25, 0.3) is 10.8 Å². The number of rotatable bonds is 4. The van der Waals surface area contributed by atoms with E-state index in [1.165, 1.54) is 23.5 Å². The van der Waals surface area contributed by atoms with Gasteiger partial charge in [0.25, 0.3) is 0 Å². The maximum absolute atomic E-state index is 9.46. The molecule has 0 amide bonds. The molecule has 0 heterocycles. The van der Waals surface area contributed by atoms with Crippen LogP contribution in [0.4, 0.5) is 0 Å². The van der Waals surface area contributed by atoms with E-state index < -0.39 is 10.9 Å². The molecule has 2 N–H and O–H groups in total. The first-order chi connectivity index (χ1) is 8.56. The fourth-order valence-electron chi connectivity index (χ4n) is 1.79. The SMILES string of the molecule is CC(O)Sc1ccc2c(SC(C)O)cccc2c1. The highest BCUT2D eigenvalue weighted by atomic mass is 32.2. The van der Waals surface area contributed by atoms with Gasteiger partial charge in [-0.25, -0.2) is 0 Å². The molecule has 0 radical (unpaired) electrons. The topological polar surface area (TPSA) is 40.5 Å². The van der Waals surface area contributed by atoms with Crippen LogP contribution in [0.2, 0.25) is 0 Å². The van der Waals surface area contributed by atoms with Crippen molar-refractivity contribution in [2.45, 2.75) is 34.5 Å². The number of aliphatic hydroxyl groups excluding tert-OH is 2. The molecule has 2 aromatic carbocycles. The van der Waals surface area contributed by atoms with E-state index in [4.69, 9.17) is 0 Å². The van der Waals surface area contributed by atoms with Crippen LogP contribution in [0, 0.1) is 0 Å². The molecule has 0 saturated carbocycles. The zero-order valence-corrected chi connectivity index (χ0v) is 12.0. The Hall–Kier alpha value is -0.680. The van der Waals surface area contributed by atoms with Crippen molar-refractivity contribution in [2.75, 3.05) is 0 Å². The summed E-state index contributed by atoms with van der Waals surface area (Å²) in [7, 11) is 0. The van der Waals surface area contributed by atoms with Crippen LogP contribution < -0.4 is 0 Å². The molecule has 2 aromatic rings. The highest BCUT2D eigenvalue weighted by Crippen LogP contribution is 2.33. The Morgan fingerprint density at radius 2 is 1.67 bits per heavy atom. The normalized spacial score (nSPS) is 14.7. The first-order valence-electron chi connectivity index (χ1n) is 5.78. The van der Waals surface area contributed by atoms with Crippen LogP contribution >= 0.6 is 23.5 Å². The van der Waals surface area contributed by atoms with Gasteiger partial charge in [0.2, 0.25) is 0 Å². The number of fused-ring (bicyclic) bond motifs is 1. The van der Waals surface area contributed by atoms with Gasteiger partial charge in [0, 0.05) is 9.79 Å². The Morgan fingerprint density at radius 1 is 0.944 bits per heavy atom. The monoisotopic (exact) mass is 280 g/mol. The average Bonchev–Trinajstić information content (AvgIpc) is 2.27. The zero-order chi connectivity index (χ0) is 13.1. The third-order valence-corrected chi connectivity index (χ3v) is 4.23. The van der Waals surface area contributed by atoms with Gasteiger partial charge in [-0.05, 0) is 42.8 Å². The Labute approximate surface area is 115 Å². The highest BCUT2D eigenvalue weighted by molar-refractivity contribution is 8.00. The first-order valence-corrected chi connectivity index (χ1v) is 7.54. The molecule has 0 fully saturated rings. The summed E-state index contributed by atoms with van der Waals surface area (Å²) >= 11 is 2.88. The van der Waals surface area contributed by atoms with Gasteiger partial charge in [-0.1, -0.05) is 41.7 Å². The fourth-order valence-corrected chi connectivity index (χ4v) is 3.36. The lowest BCUT2D eigenvalue weighted by Crippen LogP contribution is -1.92.